The number of amidine groups is 1. The Labute approximate surface area is 124 Å². The number of oxime groups is 1. The molecular weight excluding hydrogens is 293 g/mol. The average molecular weight is 307 g/mol. The van der Waals surface area contributed by atoms with Crippen LogP contribution in [0, 0.1) is 5.82 Å². The van der Waals surface area contributed by atoms with Gasteiger partial charge in [-0.3, -0.25) is 4.79 Å². The second-order valence-corrected chi connectivity index (χ2v) is 5.42. The van der Waals surface area contributed by atoms with Crippen LogP contribution in [-0.2, 0) is 6.42 Å². The number of rotatable bonds is 4. The zero-order valence-corrected chi connectivity index (χ0v) is 12.1. The summed E-state index contributed by atoms with van der Waals surface area (Å²) in [6.45, 7) is 2.00. The Kier molecular flexibility index (Phi) is 4.54. The summed E-state index contributed by atoms with van der Waals surface area (Å²) in [7, 11) is 0. The number of benzene rings is 1. The van der Waals surface area contributed by atoms with Crippen LogP contribution in [0.1, 0.15) is 27.0 Å². The fourth-order valence-corrected chi connectivity index (χ4v) is 2.61. The van der Waals surface area contributed by atoms with E-state index in [0.717, 1.165) is 17.4 Å². The van der Waals surface area contributed by atoms with Crippen LogP contribution in [0.2, 0.25) is 0 Å². The summed E-state index contributed by atoms with van der Waals surface area (Å²) in [5.74, 6) is -1.14. The Bertz CT molecular complexity index is 697. The normalized spacial score (nSPS) is 11.4. The van der Waals surface area contributed by atoms with E-state index < -0.39 is 5.82 Å². The van der Waals surface area contributed by atoms with Crippen LogP contribution in [0.5, 0.6) is 0 Å². The molecule has 0 aliphatic carbocycles. The van der Waals surface area contributed by atoms with Gasteiger partial charge in [-0.1, -0.05) is 12.1 Å². The maximum Gasteiger partial charge on any atom is 0.265 e. The first-order valence-corrected chi connectivity index (χ1v) is 7.04. The Morgan fingerprint density at radius 3 is 2.81 bits per heavy atom. The van der Waals surface area contributed by atoms with Crippen LogP contribution in [-0.4, -0.2) is 17.0 Å². The van der Waals surface area contributed by atoms with Gasteiger partial charge in [0.1, 0.15) is 5.82 Å². The van der Waals surface area contributed by atoms with E-state index in [4.69, 9.17) is 10.9 Å². The van der Waals surface area contributed by atoms with Crippen LogP contribution in [0.15, 0.2) is 35.5 Å². The van der Waals surface area contributed by atoms with Gasteiger partial charge in [-0.2, -0.15) is 0 Å². The van der Waals surface area contributed by atoms with Crippen molar-refractivity contribution in [3.8, 4) is 0 Å². The van der Waals surface area contributed by atoms with Crippen LogP contribution in [0.3, 0.4) is 0 Å². The number of nitrogens with one attached hydrogen (secondary N) is 1. The third kappa shape index (κ3) is 3.38. The summed E-state index contributed by atoms with van der Waals surface area (Å²) in [5, 5.41) is 14.2. The molecular formula is C14H14FN3O2S. The van der Waals surface area contributed by atoms with Gasteiger partial charge >= 0.3 is 0 Å². The molecule has 2 rings (SSSR count). The molecule has 0 radical (unpaired) electrons. The van der Waals surface area contributed by atoms with Gasteiger partial charge in [0.25, 0.3) is 5.91 Å². The molecule has 1 heterocycles. The van der Waals surface area contributed by atoms with Crippen molar-refractivity contribution in [1.82, 2.24) is 0 Å². The summed E-state index contributed by atoms with van der Waals surface area (Å²) >= 11 is 1.39. The summed E-state index contributed by atoms with van der Waals surface area (Å²) in [6.07, 6.45) is 0.851. The summed E-state index contributed by atoms with van der Waals surface area (Å²) < 4.78 is 13.3. The molecule has 0 saturated carbocycles. The summed E-state index contributed by atoms with van der Waals surface area (Å²) in [5.41, 5.74) is 5.89. The largest absolute Gasteiger partial charge is 0.409 e. The number of nitrogens with two attached hydrogens (primary N) is 1. The highest BCUT2D eigenvalue weighted by Crippen LogP contribution is 2.21. The van der Waals surface area contributed by atoms with Gasteiger partial charge in [-0.05, 0) is 36.8 Å². The summed E-state index contributed by atoms with van der Waals surface area (Å²) in [6, 6.07) is 7.27. The number of carbonyl (C=O) groups excluding carboxylic acids is 1. The van der Waals surface area contributed by atoms with Gasteiger partial charge in [0.2, 0.25) is 0 Å². The monoisotopic (exact) mass is 307 g/mol. The third-order valence-electron chi connectivity index (χ3n) is 2.85. The Balaban J connectivity index is 2.28. The maximum absolute atomic E-state index is 13.3. The second-order valence-electron chi connectivity index (χ2n) is 4.25. The molecule has 2 aromatic rings. The molecule has 1 aromatic carbocycles. The van der Waals surface area contributed by atoms with Gasteiger partial charge in [0.05, 0.1) is 10.6 Å². The number of halogens is 1. The molecule has 0 fully saturated rings. The van der Waals surface area contributed by atoms with Crippen LogP contribution < -0.4 is 11.1 Å². The van der Waals surface area contributed by atoms with E-state index in [9.17, 15) is 9.18 Å². The van der Waals surface area contributed by atoms with Crippen molar-refractivity contribution in [3.63, 3.8) is 0 Å². The van der Waals surface area contributed by atoms with E-state index in [1.54, 1.807) is 6.07 Å². The van der Waals surface area contributed by atoms with E-state index in [1.165, 1.54) is 23.5 Å². The molecule has 0 bridgehead atoms. The first-order chi connectivity index (χ1) is 10.0. The smallest absolute Gasteiger partial charge is 0.265 e. The third-order valence-corrected chi connectivity index (χ3v) is 4.08. The summed E-state index contributed by atoms with van der Waals surface area (Å²) in [4.78, 5) is 13.8. The lowest BCUT2D eigenvalue weighted by atomic mass is 10.1. The minimum Gasteiger partial charge on any atom is -0.409 e. The number of hydrogen-bond acceptors (Lipinski definition) is 4. The van der Waals surface area contributed by atoms with Crippen LogP contribution >= 0.6 is 11.3 Å². The maximum atomic E-state index is 13.3. The molecule has 21 heavy (non-hydrogen) atoms. The Hall–Kier alpha value is -2.41. The predicted molar refractivity (Wildman–Crippen MR) is 80.6 cm³/mol. The van der Waals surface area contributed by atoms with E-state index in [2.05, 4.69) is 10.5 Å². The van der Waals surface area contributed by atoms with Crippen molar-refractivity contribution < 1.29 is 14.4 Å². The first-order valence-electron chi connectivity index (χ1n) is 6.22. The molecule has 0 aliphatic rings. The molecule has 0 aliphatic heterocycles. The zero-order valence-electron chi connectivity index (χ0n) is 11.3. The fourth-order valence-electron chi connectivity index (χ4n) is 1.77. The molecule has 0 spiro atoms. The molecule has 0 saturated heterocycles. The fraction of sp³-hybridized carbons (Fsp3) is 0.143. The quantitative estimate of drug-likeness (QED) is 0.351. The van der Waals surface area contributed by atoms with Crippen molar-refractivity contribution in [3.05, 3.63) is 51.5 Å². The molecule has 0 unspecified atom stereocenters. The van der Waals surface area contributed by atoms with Crippen molar-refractivity contribution in [2.24, 2.45) is 10.9 Å². The lowest BCUT2D eigenvalue weighted by molar-refractivity contribution is 0.103. The lowest BCUT2D eigenvalue weighted by Gasteiger charge is -2.09. The van der Waals surface area contributed by atoms with Crippen molar-refractivity contribution in [1.29, 1.82) is 0 Å². The number of thiophene rings is 1. The van der Waals surface area contributed by atoms with E-state index in [1.807, 2.05) is 13.0 Å². The molecule has 5 nitrogen and oxygen atoms in total. The van der Waals surface area contributed by atoms with E-state index in [0.29, 0.717) is 4.88 Å². The number of nitrogens with zero attached hydrogens (tertiary/aromatic N) is 1. The Morgan fingerprint density at radius 1 is 1.43 bits per heavy atom. The molecule has 4 N–H and O–H groups in total. The molecule has 1 amide bonds. The first kappa shape index (κ1) is 15.0. The van der Waals surface area contributed by atoms with Crippen LogP contribution in [0.25, 0.3) is 0 Å². The molecule has 0 atom stereocenters. The van der Waals surface area contributed by atoms with E-state index >= 15 is 0 Å². The second kappa shape index (κ2) is 6.36. The lowest BCUT2D eigenvalue weighted by Crippen LogP contribution is -2.19. The number of carbonyl (C=O) groups is 1. The van der Waals surface area contributed by atoms with Gasteiger partial charge in [0.15, 0.2) is 5.84 Å². The van der Waals surface area contributed by atoms with Gasteiger partial charge in [-0.25, -0.2) is 4.39 Å². The molecule has 110 valence electrons. The van der Waals surface area contributed by atoms with Crippen molar-refractivity contribution in [2.45, 2.75) is 13.3 Å². The standard InChI is InChI=1S/C14H14FN3O2S/c1-2-9-4-6-12(21-9)14(19)17-11-5-3-8(15)7-10(11)13(16)18-20/h3-7,20H,2H2,1H3,(H2,16,18)(H,17,19). The van der Waals surface area contributed by atoms with Crippen molar-refractivity contribution in [2.75, 3.05) is 5.32 Å². The minimum atomic E-state index is -0.543. The number of anilines is 1. The van der Waals surface area contributed by atoms with Gasteiger partial charge in [-0.15, -0.1) is 11.3 Å². The highest BCUT2D eigenvalue weighted by atomic mass is 32.1. The minimum absolute atomic E-state index is 0.123. The number of aryl methyl sites for hydroxylation is 1. The van der Waals surface area contributed by atoms with Gasteiger partial charge < -0.3 is 16.3 Å². The van der Waals surface area contributed by atoms with Crippen LogP contribution in [0.4, 0.5) is 10.1 Å². The molecule has 7 heteroatoms. The van der Waals surface area contributed by atoms with Crippen molar-refractivity contribution >= 4 is 28.8 Å². The highest BCUT2D eigenvalue weighted by Gasteiger charge is 2.14. The SMILES string of the molecule is CCc1ccc(C(=O)Nc2ccc(F)cc2/C(N)=N/O)s1. The predicted octanol–water partition coefficient (Wildman–Crippen LogP) is 2.80. The topological polar surface area (TPSA) is 87.7 Å². The van der Waals surface area contributed by atoms with Gasteiger partial charge in [0, 0.05) is 10.4 Å². The number of hydrogen-bond donors (Lipinski definition) is 3. The molecule has 1 aromatic heterocycles. The Morgan fingerprint density at radius 2 is 2.19 bits per heavy atom. The van der Waals surface area contributed by atoms with E-state index in [-0.39, 0.29) is 23.0 Å². The average Bonchev–Trinajstić information content (AvgIpc) is 2.97. The number of amides is 1. The zero-order chi connectivity index (χ0) is 15.4. The highest BCUT2D eigenvalue weighted by molar-refractivity contribution is 7.14.